The Morgan fingerprint density at radius 2 is 2.39 bits per heavy atom. The van der Waals surface area contributed by atoms with Crippen LogP contribution in [-0.2, 0) is 0 Å². The summed E-state index contributed by atoms with van der Waals surface area (Å²) in [6.07, 6.45) is 2.46. The van der Waals surface area contributed by atoms with Crippen LogP contribution in [0.2, 0.25) is 5.02 Å². The van der Waals surface area contributed by atoms with E-state index < -0.39 is 6.03 Å². The average molecular weight is 270 g/mol. The van der Waals surface area contributed by atoms with Crippen molar-refractivity contribution in [2.45, 2.75) is 26.4 Å². The van der Waals surface area contributed by atoms with Crippen molar-refractivity contribution in [2.75, 3.05) is 0 Å². The van der Waals surface area contributed by atoms with Crippen molar-refractivity contribution in [3.63, 3.8) is 0 Å². The fourth-order valence-electron chi connectivity index (χ4n) is 1.16. The number of hydrogen-bond donors (Lipinski definition) is 2. The molecule has 3 N–H and O–H groups in total. The van der Waals surface area contributed by atoms with Crippen molar-refractivity contribution in [3.05, 3.63) is 28.8 Å². The monoisotopic (exact) mass is 269 g/mol. The van der Waals surface area contributed by atoms with Gasteiger partial charge in [0.15, 0.2) is 0 Å². The predicted molar refractivity (Wildman–Crippen MR) is 72.1 cm³/mol. The standard InChI is InChI=1S/C12H16ClN3O2/c1-3-8(2)18-11-5-4-9(6-10(11)13)7-15-16-12(14)17/h4-8H,3H2,1-2H3,(H3,14,16,17)/b15-7-/t8-/m0/s1. The summed E-state index contributed by atoms with van der Waals surface area (Å²) in [7, 11) is 0. The number of carbonyl (C=O) groups is 1. The van der Waals surface area contributed by atoms with Gasteiger partial charge in [-0.2, -0.15) is 5.10 Å². The molecule has 0 aromatic heterocycles. The summed E-state index contributed by atoms with van der Waals surface area (Å²) in [6, 6.07) is 4.54. The summed E-state index contributed by atoms with van der Waals surface area (Å²) < 4.78 is 5.63. The molecule has 1 aromatic carbocycles. The maximum absolute atomic E-state index is 10.4. The van der Waals surface area contributed by atoms with Gasteiger partial charge < -0.3 is 10.5 Å². The zero-order chi connectivity index (χ0) is 13.5. The molecule has 5 nitrogen and oxygen atoms in total. The molecule has 1 aromatic rings. The summed E-state index contributed by atoms with van der Waals surface area (Å²) in [5, 5.41) is 4.14. The van der Waals surface area contributed by atoms with Crippen LogP contribution in [-0.4, -0.2) is 18.3 Å². The van der Waals surface area contributed by atoms with Gasteiger partial charge >= 0.3 is 6.03 Å². The van der Waals surface area contributed by atoms with Crippen molar-refractivity contribution in [2.24, 2.45) is 10.8 Å². The Morgan fingerprint density at radius 1 is 1.67 bits per heavy atom. The Hall–Kier alpha value is -1.75. The number of benzene rings is 1. The lowest BCUT2D eigenvalue weighted by atomic mass is 10.2. The summed E-state index contributed by atoms with van der Waals surface area (Å²) in [5.74, 6) is 0.631. The summed E-state index contributed by atoms with van der Waals surface area (Å²) in [4.78, 5) is 10.4. The van der Waals surface area contributed by atoms with E-state index in [0.717, 1.165) is 12.0 Å². The van der Waals surface area contributed by atoms with E-state index in [-0.39, 0.29) is 6.10 Å². The Bertz CT molecular complexity index is 449. The molecular formula is C12H16ClN3O2. The van der Waals surface area contributed by atoms with Gasteiger partial charge in [0, 0.05) is 0 Å². The first-order valence-corrected chi connectivity index (χ1v) is 5.95. The van der Waals surface area contributed by atoms with E-state index in [1.54, 1.807) is 18.2 Å². The Balaban J connectivity index is 2.73. The van der Waals surface area contributed by atoms with Crippen LogP contribution >= 0.6 is 11.6 Å². The van der Waals surface area contributed by atoms with Crippen LogP contribution in [0.3, 0.4) is 0 Å². The minimum atomic E-state index is -0.714. The predicted octanol–water partition coefficient (Wildman–Crippen LogP) is 2.52. The number of ether oxygens (including phenoxy) is 1. The minimum Gasteiger partial charge on any atom is -0.489 e. The summed E-state index contributed by atoms with van der Waals surface area (Å²) >= 11 is 6.07. The molecule has 0 saturated carbocycles. The molecule has 0 spiro atoms. The third kappa shape index (κ3) is 4.63. The van der Waals surface area contributed by atoms with Crippen molar-refractivity contribution >= 4 is 23.8 Å². The molecule has 18 heavy (non-hydrogen) atoms. The van der Waals surface area contributed by atoms with Crippen LogP contribution in [0.15, 0.2) is 23.3 Å². The first kappa shape index (κ1) is 14.3. The Labute approximate surface area is 111 Å². The second-order valence-corrected chi connectivity index (χ2v) is 4.17. The quantitative estimate of drug-likeness (QED) is 0.636. The third-order valence-corrected chi connectivity index (χ3v) is 2.54. The first-order chi connectivity index (χ1) is 8.52. The molecule has 2 amide bonds. The van der Waals surface area contributed by atoms with E-state index in [0.29, 0.717) is 10.8 Å². The minimum absolute atomic E-state index is 0.110. The molecule has 1 atom stereocenters. The highest BCUT2D eigenvalue weighted by molar-refractivity contribution is 6.32. The number of carbonyl (C=O) groups excluding carboxylic acids is 1. The van der Waals surface area contributed by atoms with E-state index in [1.165, 1.54) is 6.21 Å². The van der Waals surface area contributed by atoms with Crippen LogP contribution in [0.5, 0.6) is 5.75 Å². The van der Waals surface area contributed by atoms with Crippen molar-refractivity contribution in [1.29, 1.82) is 0 Å². The van der Waals surface area contributed by atoms with Gasteiger partial charge in [0.2, 0.25) is 0 Å². The molecule has 0 saturated heterocycles. The molecule has 0 fully saturated rings. The molecule has 0 heterocycles. The molecule has 0 aliphatic rings. The van der Waals surface area contributed by atoms with Gasteiger partial charge in [-0.25, -0.2) is 10.2 Å². The van der Waals surface area contributed by atoms with Gasteiger partial charge in [-0.05, 0) is 37.1 Å². The Morgan fingerprint density at radius 3 is 2.94 bits per heavy atom. The molecule has 98 valence electrons. The third-order valence-electron chi connectivity index (χ3n) is 2.25. The number of amides is 2. The van der Waals surface area contributed by atoms with E-state index in [1.807, 2.05) is 13.8 Å². The topological polar surface area (TPSA) is 76.7 Å². The zero-order valence-electron chi connectivity index (χ0n) is 10.3. The number of halogens is 1. The molecule has 0 aliphatic heterocycles. The van der Waals surface area contributed by atoms with E-state index in [9.17, 15) is 4.79 Å². The fourth-order valence-corrected chi connectivity index (χ4v) is 1.40. The van der Waals surface area contributed by atoms with E-state index in [2.05, 4.69) is 10.5 Å². The summed E-state index contributed by atoms with van der Waals surface area (Å²) in [5.41, 5.74) is 7.72. The second kappa shape index (κ2) is 6.86. The number of nitrogens with two attached hydrogens (primary N) is 1. The number of urea groups is 1. The second-order valence-electron chi connectivity index (χ2n) is 3.76. The van der Waals surface area contributed by atoms with Gasteiger partial charge in [0.1, 0.15) is 5.75 Å². The average Bonchev–Trinajstić information content (AvgIpc) is 2.32. The maximum Gasteiger partial charge on any atom is 0.332 e. The van der Waals surface area contributed by atoms with E-state index in [4.69, 9.17) is 22.1 Å². The maximum atomic E-state index is 10.4. The normalized spacial score (nSPS) is 12.4. The molecular weight excluding hydrogens is 254 g/mol. The first-order valence-electron chi connectivity index (χ1n) is 5.57. The molecule has 0 radical (unpaired) electrons. The largest absolute Gasteiger partial charge is 0.489 e. The van der Waals surface area contributed by atoms with Crippen LogP contribution in [0.4, 0.5) is 4.79 Å². The van der Waals surface area contributed by atoms with Crippen LogP contribution in [0.25, 0.3) is 0 Å². The Kier molecular flexibility index (Phi) is 5.45. The van der Waals surface area contributed by atoms with E-state index >= 15 is 0 Å². The highest BCUT2D eigenvalue weighted by Crippen LogP contribution is 2.26. The number of primary amides is 1. The SMILES string of the molecule is CC[C@H](C)Oc1ccc(/C=N\NC(N)=O)cc1Cl. The number of hydrogen-bond acceptors (Lipinski definition) is 3. The molecule has 0 bridgehead atoms. The number of rotatable bonds is 5. The smallest absolute Gasteiger partial charge is 0.332 e. The molecule has 1 rings (SSSR count). The van der Waals surface area contributed by atoms with Gasteiger partial charge in [0.25, 0.3) is 0 Å². The van der Waals surface area contributed by atoms with Gasteiger partial charge in [0.05, 0.1) is 17.3 Å². The number of nitrogens with one attached hydrogen (secondary N) is 1. The van der Waals surface area contributed by atoms with Crippen molar-refractivity contribution < 1.29 is 9.53 Å². The number of nitrogens with zero attached hydrogens (tertiary/aromatic N) is 1. The zero-order valence-corrected chi connectivity index (χ0v) is 11.1. The van der Waals surface area contributed by atoms with Crippen molar-refractivity contribution in [3.8, 4) is 5.75 Å². The highest BCUT2D eigenvalue weighted by atomic mass is 35.5. The molecule has 0 aliphatic carbocycles. The highest BCUT2D eigenvalue weighted by Gasteiger charge is 2.06. The lowest BCUT2D eigenvalue weighted by Crippen LogP contribution is -2.24. The lowest BCUT2D eigenvalue weighted by Gasteiger charge is -2.13. The lowest BCUT2D eigenvalue weighted by molar-refractivity contribution is 0.217. The van der Waals surface area contributed by atoms with Gasteiger partial charge in [-0.3, -0.25) is 0 Å². The van der Waals surface area contributed by atoms with Crippen LogP contribution < -0.4 is 15.9 Å². The van der Waals surface area contributed by atoms with Gasteiger partial charge in [-0.15, -0.1) is 0 Å². The summed E-state index contributed by atoms with van der Waals surface area (Å²) in [6.45, 7) is 4.01. The molecule has 6 heteroatoms. The van der Waals surface area contributed by atoms with Crippen molar-refractivity contribution in [1.82, 2.24) is 5.43 Å². The molecule has 0 unspecified atom stereocenters. The fraction of sp³-hybridized carbons (Fsp3) is 0.333. The van der Waals surface area contributed by atoms with Gasteiger partial charge in [-0.1, -0.05) is 18.5 Å². The van der Waals surface area contributed by atoms with Crippen LogP contribution in [0, 0.1) is 0 Å². The number of hydrazone groups is 1. The van der Waals surface area contributed by atoms with Crippen LogP contribution in [0.1, 0.15) is 25.8 Å².